The molecule has 2 saturated heterocycles. The summed E-state index contributed by atoms with van der Waals surface area (Å²) in [4.78, 5) is 25.6. The first-order chi connectivity index (χ1) is 20.4. The van der Waals surface area contributed by atoms with Crippen molar-refractivity contribution >= 4 is 35.1 Å². The van der Waals surface area contributed by atoms with Gasteiger partial charge in [0.15, 0.2) is 0 Å². The van der Waals surface area contributed by atoms with E-state index in [9.17, 15) is 22.4 Å². The Balaban J connectivity index is 1.31. The number of pyridine rings is 1. The Morgan fingerprint density at radius 1 is 1.02 bits per heavy atom. The van der Waals surface area contributed by atoms with Crippen LogP contribution in [0, 0.1) is 17.1 Å². The summed E-state index contributed by atoms with van der Waals surface area (Å²) in [5, 5.41) is 9.79. The number of hydrogen-bond donors (Lipinski definition) is 0. The van der Waals surface area contributed by atoms with Gasteiger partial charge >= 0.3 is 12.2 Å². The molecular weight excluding hydrogens is 607 g/mol. The highest BCUT2D eigenvalue weighted by atomic mass is 35.5. The largest absolute Gasteiger partial charge is 0.419 e. The molecule has 13 heteroatoms. The number of carbonyl (C=O) groups is 1. The topological polar surface area (TPSA) is 66.7 Å². The number of nitriles is 1. The second kappa shape index (κ2) is 12.6. The van der Waals surface area contributed by atoms with Gasteiger partial charge in [0, 0.05) is 64.0 Å². The minimum Gasteiger partial charge on any atom is -0.353 e. The lowest BCUT2D eigenvalue weighted by molar-refractivity contribution is -0.140. The van der Waals surface area contributed by atoms with Gasteiger partial charge in [-0.1, -0.05) is 35.3 Å². The van der Waals surface area contributed by atoms with Crippen molar-refractivity contribution in [1.82, 2.24) is 19.7 Å². The Labute approximate surface area is 256 Å². The van der Waals surface area contributed by atoms with Crippen molar-refractivity contribution in [2.24, 2.45) is 0 Å². The van der Waals surface area contributed by atoms with Crippen molar-refractivity contribution in [3.8, 4) is 6.07 Å². The van der Waals surface area contributed by atoms with Gasteiger partial charge in [0.05, 0.1) is 21.2 Å². The van der Waals surface area contributed by atoms with Crippen LogP contribution in [0.1, 0.15) is 28.2 Å². The lowest BCUT2D eigenvalue weighted by Crippen LogP contribution is -2.53. The number of urea groups is 1. The minimum atomic E-state index is -4.77. The van der Waals surface area contributed by atoms with Gasteiger partial charge < -0.3 is 14.7 Å². The SMILES string of the molecule is CN(Cc1ccc(C(F)(F)F)c(F)c1)[C@@H]1CN(C(=O)N2CCN(c3ccc(C#N)cn3)CC2)C[C@@H]1c1ccc(Cl)c(Cl)c1. The third kappa shape index (κ3) is 6.82. The molecule has 43 heavy (non-hydrogen) atoms. The summed E-state index contributed by atoms with van der Waals surface area (Å²) in [6, 6.07) is 13.5. The van der Waals surface area contributed by atoms with Gasteiger partial charge in [0.2, 0.25) is 0 Å². The van der Waals surface area contributed by atoms with Crippen molar-refractivity contribution in [2.45, 2.75) is 24.7 Å². The molecule has 0 radical (unpaired) electrons. The molecule has 2 aliphatic heterocycles. The van der Waals surface area contributed by atoms with E-state index in [2.05, 4.69) is 16.0 Å². The maximum absolute atomic E-state index is 14.3. The molecule has 2 fully saturated rings. The number of aromatic nitrogens is 1. The second-order valence-corrected chi connectivity index (χ2v) is 11.6. The van der Waals surface area contributed by atoms with Crippen LogP contribution in [-0.2, 0) is 12.7 Å². The van der Waals surface area contributed by atoms with E-state index in [1.165, 1.54) is 12.3 Å². The van der Waals surface area contributed by atoms with Crippen molar-refractivity contribution in [1.29, 1.82) is 5.26 Å². The van der Waals surface area contributed by atoms with Crippen LogP contribution in [0.4, 0.5) is 28.2 Å². The zero-order valence-electron chi connectivity index (χ0n) is 23.2. The van der Waals surface area contributed by atoms with Gasteiger partial charge in [-0.05, 0) is 54.6 Å². The van der Waals surface area contributed by atoms with Crippen LogP contribution < -0.4 is 4.90 Å². The van der Waals surface area contributed by atoms with Crippen molar-refractivity contribution in [2.75, 3.05) is 51.2 Å². The first kappa shape index (κ1) is 30.9. The first-order valence-electron chi connectivity index (χ1n) is 13.6. The van der Waals surface area contributed by atoms with E-state index in [0.29, 0.717) is 60.4 Å². The Bertz CT molecular complexity index is 1520. The maximum atomic E-state index is 14.3. The number of benzene rings is 2. The highest BCUT2D eigenvalue weighted by molar-refractivity contribution is 6.42. The number of likely N-dealkylation sites (tertiary alicyclic amines) is 1. The molecule has 3 aromatic rings. The highest BCUT2D eigenvalue weighted by Crippen LogP contribution is 2.36. The van der Waals surface area contributed by atoms with Gasteiger partial charge in [-0.15, -0.1) is 0 Å². The van der Waals surface area contributed by atoms with Gasteiger partial charge in [0.25, 0.3) is 0 Å². The molecule has 5 rings (SSSR count). The van der Waals surface area contributed by atoms with E-state index in [-0.39, 0.29) is 24.5 Å². The summed E-state index contributed by atoms with van der Waals surface area (Å²) in [5.74, 6) is -0.751. The number of piperazine rings is 1. The summed E-state index contributed by atoms with van der Waals surface area (Å²) < 4.78 is 53.5. The molecule has 2 amide bonds. The molecule has 2 aliphatic rings. The number of amides is 2. The second-order valence-electron chi connectivity index (χ2n) is 10.8. The number of halogens is 6. The Kier molecular flexibility index (Phi) is 9.02. The van der Waals surface area contributed by atoms with Gasteiger partial charge in [0.1, 0.15) is 17.7 Å². The number of hydrogen-bond acceptors (Lipinski definition) is 5. The molecule has 0 aliphatic carbocycles. The number of carbonyl (C=O) groups excluding carboxylic acids is 1. The fourth-order valence-corrected chi connectivity index (χ4v) is 6.02. The Morgan fingerprint density at radius 2 is 1.77 bits per heavy atom. The molecular formula is C30H28Cl2F4N6O. The van der Waals surface area contributed by atoms with E-state index in [4.69, 9.17) is 28.5 Å². The van der Waals surface area contributed by atoms with Gasteiger partial charge in [-0.2, -0.15) is 18.4 Å². The van der Waals surface area contributed by atoms with Gasteiger partial charge in [-0.3, -0.25) is 4.90 Å². The molecule has 2 atom stereocenters. The summed E-state index contributed by atoms with van der Waals surface area (Å²) in [6.45, 7) is 3.07. The molecule has 0 bridgehead atoms. The average molecular weight is 635 g/mol. The smallest absolute Gasteiger partial charge is 0.353 e. The molecule has 7 nitrogen and oxygen atoms in total. The van der Waals surface area contributed by atoms with Gasteiger partial charge in [-0.25, -0.2) is 14.2 Å². The zero-order chi connectivity index (χ0) is 30.9. The third-order valence-electron chi connectivity index (χ3n) is 8.02. The lowest BCUT2D eigenvalue weighted by atomic mass is 9.93. The summed E-state index contributed by atoms with van der Waals surface area (Å²) in [6.07, 6.45) is -3.25. The Hall–Kier alpha value is -3.59. The summed E-state index contributed by atoms with van der Waals surface area (Å²) in [7, 11) is 1.81. The van der Waals surface area contributed by atoms with Crippen LogP contribution in [0.25, 0.3) is 0 Å². The molecule has 0 spiro atoms. The first-order valence-corrected chi connectivity index (χ1v) is 14.4. The highest BCUT2D eigenvalue weighted by Gasteiger charge is 2.41. The number of likely N-dealkylation sites (N-methyl/N-ethyl adjacent to an activating group) is 1. The van der Waals surface area contributed by atoms with Crippen molar-refractivity contribution in [3.05, 3.63) is 92.8 Å². The monoisotopic (exact) mass is 634 g/mol. The van der Waals surface area contributed by atoms with E-state index >= 15 is 0 Å². The number of nitrogens with zero attached hydrogens (tertiary/aromatic N) is 6. The number of anilines is 1. The molecule has 3 heterocycles. The minimum absolute atomic E-state index is 0.117. The standard InChI is InChI=1S/C30H28Cl2F4N6O/c1-39(16-19-2-5-23(26(33)12-19)30(34,35)36)27-18-42(17-22(27)21-4-6-24(31)25(32)13-21)29(43)41-10-8-40(9-11-41)28-7-3-20(14-37)15-38-28/h2-7,12-13,15,22,27H,8-11,16-18H2,1H3/t22-,27-/m1/s1. The van der Waals surface area contributed by atoms with Crippen LogP contribution in [0.5, 0.6) is 0 Å². The van der Waals surface area contributed by atoms with E-state index in [0.717, 1.165) is 23.5 Å². The predicted octanol–water partition coefficient (Wildman–Crippen LogP) is 6.26. The van der Waals surface area contributed by atoms with Crippen LogP contribution in [-0.4, -0.2) is 78.1 Å². The molecule has 0 N–H and O–H groups in total. The van der Waals surface area contributed by atoms with E-state index in [1.54, 1.807) is 34.1 Å². The Morgan fingerprint density at radius 3 is 2.37 bits per heavy atom. The number of alkyl halides is 3. The fourth-order valence-electron chi connectivity index (χ4n) is 5.72. The van der Waals surface area contributed by atoms with Crippen molar-refractivity contribution in [3.63, 3.8) is 0 Å². The molecule has 0 unspecified atom stereocenters. The normalized spacial score (nSPS) is 19.2. The molecule has 226 valence electrons. The maximum Gasteiger partial charge on any atom is 0.419 e. The van der Waals surface area contributed by atoms with Crippen LogP contribution in [0.15, 0.2) is 54.7 Å². The predicted molar refractivity (Wildman–Crippen MR) is 156 cm³/mol. The van der Waals surface area contributed by atoms with Crippen LogP contribution in [0.2, 0.25) is 10.0 Å². The van der Waals surface area contributed by atoms with Crippen LogP contribution >= 0.6 is 23.2 Å². The van der Waals surface area contributed by atoms with E-state index in [1.807, 2.05) is 18.0 Å². The summed E-state index contributed by atoms with van der Waals surface area (Å²) >= 11 is 12.5. The van der Waals surface area contributed by atoms with Crippen LogP contribution in [0.3, 0.4) is 0 Å². The quantitative estimate of drug-likeness (QED) is 0.310. The molecule has 1 aromatic heterocycles. The van der Waals surface area contributed by atoms with E-state index < -0.39 is 17.6 Å². The third-order valence-corrected chi connectivity index (χ3v) is 8.76. The average Bonchev–Trinajstić information content (AvgIpc) is 3.43. The van der Waals surface area contributed by atoms with Crippen molar-refractivity contribution < 1.29 is 22.4 Å². The lowest BCUT2D eigenvalue weighted by Gasteiger charge is -2.37. The summed E-state index contributed by atoms with van der Waals surface area (Å²) in [5.41, 5.74) is 0.432. The number of rotatable bonds is 5. The molecule has 0 saturated carbocycles. The zero-order valence-corrected chi connectivity index (χ0v) is 24.7. The fraction of sp³-hybridized carbons (Fsp3) is 0.367. The molecule has 2 aromatic carbocycles.